The number of rotatable bonds is 5. The summed E-state index contributed by atoms with van der Waals surface area (Å²) in [7, 11) is 0.354. The monoisotopic (exact) mass is 311 g/mol. The number of sulfone groups is 1. The molecule has 21 heavy (non-hydrogen) atoms. The minimum atomic E-state index is -2.96. The van der Waals surface area contributed by atoms with Crippen LogP contribution in [-0.2, 0) is 21.1 Å². The van der Waals surface area contributed by atoms with Crippen molar-refractivity contribution in [2.45, 2.75) is 25.3 Å². The zero-order chi connectivity index (χ0) is 15.5. The molecular weight excluding hydrogens is 290 g/mol. The molecule has 0 N–H and O–H groups in total. The average molecular weight is 311 g/mol. The molecule has 1 aromatic carbocycles. The minimum absolute atomic E-state index is 0.00656. The van der Waals surface area contributed by atoms with Gasteiger partial charge in [0.1, 0.15) is 5.75 Å². The molecule has 6 heteroatoms. The fourth-order valence-corrected chi connectivity index (χ4v) is 4.28. The molecule has 2 rings (SSSR count). The van der Waals surface area contributed by atoms with Gasteiger partial charge in [-0.1, -0.05) is 12.1 Å². The third-order valence-corrected chi connectivity index (χ3v) is 5.69. The molecular formula is C15H21NO4S. The predicted molar refractivity (Wildman–Crippen MR) is 81.1 cm³/mol. The van der Waals surface area contributed by atoms with Gasteiger partial charge in [-0.2, -0.15) is 0 Å². The summed E-state index contributed by atoms with van der Waals surface area (Å²) in [5.74, 6) is 1.07. The van der Waals surface area contributed by atoms with E-state index in [1.807, 2.05) is 24.3 Å². The highest BCUT2D eigenvalue weighted by molar-refractivity contribution is 7.91. The number of ether oxygens (including phenoxy) is 1. The van der Waals surface area contributed by atoms with Crippen molar-refractivity contribution in [3.05, 3.63) is 29.8 Å². The molecule has 1 atom stereocenters. The standard InChI is InChI=1S/C15H21NO4S/c1-16(13-9-10-21(18,19)11-13)15(17)8-5-12-3-6-14(20-2)7-4-12/h3-4,6-7,13H,5,8-11H2,1-2H3. The summed E-state index contributed by atoms with van der Waals surface area (Å²) in [5, 5.41) is 0. The quantitative estimate of drug-likeness (QED) is 0.821. The number of benzene rings is 1. The highest BCUT2D eigenvalue weighted by Gasteiger charge is 2.32. The van der Waals surface area contributed by atoms with Crippen LogP contribution in [0, 0.1) is 0 Å². The van der Waals surface area contributed by atoms with E-state index in [1.54, 1.807) is 19.1 Å². The van der Waals surface area contributed by atoms with Gasteiger partial charge >= 0.3 is 0 Å². The zero-order valence-electron chi connectivity index (χ0n) is 12.4. The first-order chi connectivity index (χ1) is 9.91. The lowest BCUT2D eigenvalue weighted by molar-refractivity contribution is -0.131. The summed E-state index contributed by atoms with van der Waals surface area (Å²) in [6.45, 7) is 0. The van der Waals surface area contributed by atoms with E-state index >= 15 is 0 Å². The third kappa shape index (κ3) is 4.20. The number of amides is 1. The normalized spacial score (nSPS) is 20.2. The molecule has 0 aromatic heterocycles. The fraction of sp³-hybridized carbons (Fsp3) is 0.533. The highest BCUT2D eigenvalue weighted by Crippen LogP contribution is 2.18. The molecule has 0 bridgehead atoms. The van der Waals surface area contributed by atoms with Gasteiger partial charge in [0.25, 0.3) is 0 Å². The number of aryl methyl sites for hydroxylation is 1. The van der Waals surface area contributed by atoms with Gasteiger partial charge in [0.05, 0.1) is 18.6 Å². The zero-order valence-corrected chi connectivity index (χ0v) is 13.2. The number of methoxy groups -OCH3 is 1. The van der Waals surface area contributed by atoms with Crippen molar-refractivity contribution in [1.82, 2.24) is 4.90 Å². The Morgan fingerprint density at radius 1 is 1.33 bits per heavy atom. The molecule has 0 radical (unpaired) electrons. The van der Waals surface area contributed by atoms with Crippen molar-refractivity contribution in [1.29, 1.82) is 0 Å². The van der Waals surface area contributed by atoms with Crippen LogP contribution in [0.3, 0.4) is 0 Å². The molecule has 1 saturated heterocycles. The molecule has 5 nitrogen and oxygen atoms in total. The topological polar surface area (TPSA) is 63.7 Å². The largest absolute Gasteiger partial charge is 0.497 e. The highest BCUT2D eigenvalue weighted by atomic mass is 32.2. The van der Waals surface area contributed by atoms with Crippen molar-refractivity contribution in [3.8, 4) is 5.75 Å². The van der Waals surface area contributed by atoms with Gasteiger partial charge in [-0.05, 0) is 30.5 Å². The Hall–Kier alpha value is -1.56. The van der Waals surface area contributed by atoms with E-state index in [0.29, 0.717) is 19.3 Å². The van der Waals surface area contributed by atoms with Crippen LogP contribution in [0.25, 0.3) is 0 Å². The lowest BCUT2D eigenvalue weighted by Crippen LogP contribution is -2.37. The van der Waals surface area contributed by atoms with Crippen molar-refractivity contribution in [2.24, 2.45) is 0 Å². The summed E-state index contributed by atoms with van der Waals surface area (Å²) in [6.07, 6.45) is 1.58. The second-order valence-electron chi connectivity index (χ2n) is 5.41. The van der Waals surface area contributed by atoms with Crippen LogP contribution in [0.15, 0.2) is 24.3 Å². The van der Waals surface area contributed by atoms with Crippen LogP contribution in [0.1, 0.15) is 18.4 Å². The van der Waals surface area contributed by atoms with E-state index in [4.69, 9.17) is 4.74 Å². The molecule has 0 spiro atoms. The molecule has 0 aliphatic carbocycles. The summed E-state index contributed by atoms with van der Waals surface area (Å²) >= 11 is 0. The number of carbonyl (C=O) groups excluding carboxylic acids is 1. The summed E-state index contributed by atoms with van der Waals surface area (Å²) in [4.78, 5) is 13.7. The van der Waals surface area contributed by atoms with E-state index in [2.05, 4.69) is 0 Å². The van der Waals surface area contributed by atoms with Crippen molar-refractivity contribution >= 4 is 15.7 Å². The number of carbonyl (C=O) groups is 1. The molecule has 1 aliphatic rings. The van der Waals surface area contributed by atoms with Crippen molar-refractivity contribution in [3.63, 3.8) is 0 Å². The van der Waals surface area contributed by atoms with Gasteiger partial charge in [-0.3, -0.25) is 4.79 Å². The lowest BCUT2D eigenvalue weighted by Gasteiger charge is -2.23. The molecule has 1 fully saturated rings. The summed E-state index contributed by atoms with van der Waals surface area (Å²) < 4.78 is 28.0. The van der Waals surface area contributed by atoms with Crippen LogP contribution in [0.4, 0.5) is 0 Å². The Labute approximate surface area is 125 Å². The number of hydrogen-bond donors (Lipinski definition) is 0. The Balaban J connectivity index is 1.86. The lowest BCUT2D eigenvalue weighted by atomic mass is 10.1. The van der Waals surface area contributed by atoms with Crippen LogP contribution in [-0.4, -0.2) is 50.9 Å². The Kier molecular flexibility index (Phi) is 4.88. The molecule has 1 amide bonds. The van der Waals surface area contributed by atoms with Gasteiger partial charge in [-0.25, -0.2) is 8.42 Å². The first-order valence-corrected chi connectivity index (χ1v) is 8.82. The summed E-state index contributed by atoms with van der Waals surface area (Å²) in [5.41, 5.74) is 1.07. The Morgan fingerprint density at radius 3 is 2.52 bits per heavy atom. The Bertz CT molecular complexity index is 595. The van der Waals surface area contributed by atoms with Gasteiger partial charge in [0.15, 0.2) is 9.84 Å². The predicted octanol–water partition coefficient (Wildman–Crippen LogP) is 1.27. The van der Waals surface area contributed by atoms with Crippen LogP contribution in [0.5, 0.6) is 5.75 Å². The van der Waals surface area contributed by atoms with Gasteiger partial charge in [-0.15, -0.1) is 0 Å². The van der Waals surface area contributed by atoms with E-state index in [0.717, 1.165) is 11.3 Å². The fourth-order valence-electron chi connectivity index (χ4n) is 2.50. The molecule has 1 heterocycles. The van der Waals surface area contributed by atoms with E-state index < -0.39 is 9.84 Å². The van der Waals surface area contributed by atoms with Crippen LogP contribution < -0.4 is 4.74 Å². The van der Waals surface area contributed by atoms with Gasteiger partial charge in [0, 0.05) is 19.5 Å². The van der Waals surface area contributed by atoms with Crippen LogP contribution in [0.2, 0.25) is 0 Å². The summed E-state index contributed by atoms with van der Waals surface area (Å²) in [6, 6.07) is 7.44. The Morgan fingerprint density at radius 2 is 2.00 bits per heavy atom. The molecule has 0 saturated carbocycles. The third-order valence-electron chi connectivity index (χ3n) is 3.94. The smallest absolute Gasteiger partial charge is 0.222 e. The first kappa shape index (κ1) is 15.8. The average Bonchev–Trinajstić information content (AvgIpc) is 2.84. The van der Waals surface area contributed by atoms with Gasteiger partial charge < -0.3 is 9.64 Å². The maximum absolute atomic E-state index is 12.1. The number of hydrogen-bond acceptors (Lipinski definition) is 4. The van der Waals surface area contributed by atoms with Crippen molar-refractivity contribution in [2.75, 3.05) is 25.7 Å². The molecule has 116 valence electrons. The maximum Gasteiger partial charge on any atom is 0.222 e. The van der Waals surface area contributed by atoms with E-state index in [1.165, 1.54) is 0 Å². The molecule has 1 unspecified atom stereocenters. The second kappa shape index (κ2) is 6.47. The van der Waals surface area contributed by atoms with Gasteiger partial charge in [0.2, 0.25) is 5.91 Å². The molecule has 1 aromatic rings. The van der Waals surface area contributed by atoms with Crippen molar-refractivity contribution < 1.29 is 17.9 Å². The number of nitrogens with zero attached hydrogens (tertiary/aromatic N) is 1. The SMILES string of the molecule is COc1ccc(CCC(=O)N(C)C2CCS(=O)(=O)C2)cc1. The first-order valence-electron chi connectivity index (χ1n) is 7.00. The minimum Gasteiger partial charge on any atom is -0.497 e. The van der Waals surface area contributed by atoms with E-state index in [9.17, 15) is 13.2 Å². The second-order valence-corrected chi connectivity index (χ2v) is 7.64. The van der Waals surface area contributed by atoms with E-state index in [-0.39, 0.29) is 23.5 Å². The van der Waals surface area contributed by atoms with Crippen LogP contribution >= 0.6 is 0 Å². The maximum atomic E-state index is 12.1. The molecule has 1 aliphatic heterocycles.